The van der Waals surface area contributed by atoms with E-state index in [-0.39, 0.29) is 24.5 Å². The second-order valence-corrected chi connectivity index (χ2v) is 10.2. The van der Waals surface area contributed by atoms with E-state index in [0.717, 1.165) is 17.1 Å². The molecule has 0 saturated carbocycles. The van der Waals surface area contributed by atoms with Gasteiger partial charge < -0.3 is 10.2 Å². The Morgan fingerprint density at radius 2 is 1.67 bits per heavy atom. The van der Waals surface area contributed by atoms with Crippen LogP contribution in [0.2, 0.25) is 0 Å². The van der Waals surface area contributed by atoms with E-state index in [1.165, 1.54) is 0 Å². The van der Waals surface area contributed by atoms with Crippen molar-refractivity contribution >= 4 is 0 Å². The highest BCUT2D eigenvalue weighted by Crippen LogP contribution is 2.17. The fourth-order valence-electron chi connectivity index (χ4n) is 3.15. The molecule has 0 saturated heterocycles. The fraction of sp³-hybridized carbons (Fsp3) is 0.714. The fourth-order valence-corrected chi connectivity index (χ4v) is 3.15. The zero-order valence-corrected chi connectivity index (χ0v) is 20.5. The summed E-state index contributed by atoms with van der Waals surface area (Å²) in [5.41, 5.74) is 8.99. The third kappa shape index (κ3) is 7.47. The molecule has 184 valence electrons. The first-order valence-electron chi connectivity index (χ1n) is 11.2. The van der Waals surface area contributed by atoms with Crippen molar-refractivity contribution in [1.29, 1.82) is 0 Å². The highest BCUT2D eigenvalue weighted by molar-refractivity contribution is 5.08. The first-order valence-corrected chi connectivity index (χ1v) is 11.2. The highest BCUT2D eigenvalue weighted by atomic mass is 19.1. The average molecular weight is 465 g/mol. The summed E-state index contributed by atoms with van der Waals surface area (Å²) >= 11 is 0. The molecule has 0 fully saturated rings. The lowest BCUT2D eigenvalue weighted by molar-refractivity contribution is 0.0628. The van der Waals surface area contributed by atoms with Crippen LogP contribution in [-0.4, -0.2) is 65.3 Å². The van der Waals surface area contributed by atoms with E-state index in [2.05, 4.69) is 84.2 Å². The monoisotopic (exact) mass is 464 g/mol. The molecule has 2 aromatic heterocycles. The normalized spacial score (nSPS) is 14.8. The van der Waals surface area contributed by atoms with Crippen molar-refractivity contribution in [3.63, 3.8) is 0 Å². The van der Waals surface area contributed by atoms with E-state index >= 15 is 0 Å². The maximum Gasteiger partial charge on any atom is 0.141 e. The van der Waals surface area contributed by atoms with Crippen LogP contribution >= 0.6 is 0 Å². The number of rotatable bonds is 11. The number of ether oxygens (including phenoxy) is 1. The lowest BCUT2D eigenvalue weighted by atomic mass is 10.1. The smallest absolute Gasteiger partial charge is 0.141 e. The zero-order valence-electron chi connectivity index (χ0n) is 20.5. The van der Waals surface area contributed by atoms with Crippen molar-refractivity contribution in [3.05, 3.63) is 35.7 Å². The van der Waals surface area contributed by atoms with Crippen LogP contribution < -0.4 is 11.0 Å². The van der Waals surface area contributed by atoms with Crippen LogP contribution in [0.4, 0.5) is 4.39 Å². The third-order valence-electron chi connectivity index (χ3n) is 4.97. The minimum Gasteiger partial charge on any atom is -0.359 e. The summed E-state index contributed by atoms with van der Waals surface area (Å²) in [7, 11) is 0. The van der Waals surface area contributed by atoms with Gasteiger partial charge in [0.25, 0.3) is 0 Å². The molecule has 2 N–H and O–H groups in total. The van der Waals surface area contributed by atoms with Gasteiger partial charge in [-0.05, 0) is 48.0 Å². The van der Waals surface area contributed by atoms with Gasteiger partial charge >= 0.3 is 0 Å². The van der Waals surface area contributed by atoms with Gasteiger partial charge in [-0.15, -0.1) is 15.7 Å². The van der Waals surface area contributed by atoms with Gasteiger partial charge in [-0.1, -0.05) is 10.4 Å². The molecular formula is C21H37FN10O. The summed E-state index contributed by atoms with van der Waals surface area (Å²) in [6, 6.07) is 0. The van der Waals surface area contributed by atoms with Crippen molar-refractivity contribution in [3.8, 4) is 0 Å². The second-order valence-electron chi connectivity index (χ2n) is 10.2. The average Bonchev–Trinajstić information content (AvgIpc) is 3.45. The Morgan fingerprint density at radius 3 is 2.27 bits per heavy atom. The maximum absolute atomic E-state index is 12.2. The Kier molecular flexibility index (Phi) is 8.03. The second kappa shape index (κ2) is 10.6. The molecule has 3 heterocycles. The summed E-state index contributed by atoms with van der Waals surface area (Å²) in [5, 5.41) is 19.1. The van der Waals surface area contributed by atoms with Crippen molar-refractivity contribution in [1.82, 2.24) is 50.9 Å². The summed E-state index contributed by atoms with van der Waals surface area (Å²) < 4.78 is 21.1. The van der Waals surface area contributed by atoms with Gasteiger partial charge in [0.2, 0.25) is 0 Å². The Balaban J connectivity index is 1.69. The lowest BCUT2D eigenvalue weighted by Gasteiger charge is -2.30. The van der Waals surface area contributed by atoms with Crippen molar-refractivity contribution in [2.75, 3.05) is 19.8 Å². The molecule has 0 bridgehead atoms. The van der Waals surface area contributed by atoms with Crippen LogP contribution in [0, 0.1) is 0 Å². The van der Waals surface area contributed by atoms with Gasteiger partial charge in [0, 0.05) is 31.4 Å². The maximum atomic E-state index is 12.2. The SMILES string of the molecule is CC(C)(C)N1C=C(CN(Cc2cn(COCCCF)nn2)Cc2cn(C(C)(C)C)nn2)NN1. The lowest BCUT2D eigenvalue weighted by Crippen LogP contribution is -2.47. The summed E-state index contributed by atoms with van der Waals surface area (Å²) in [5.74, 6) is 0. The number of hydrogen-bond donors (Lipinski definition) is 2. The Bertz CT molecular complexity index is 911. The number of alkyl halides is 1. The molecule has 0 atom stereocenters. The minimum atomic E-state index is -0.386. The van der Waals surface area contributed by atoms with Crippen LogP contribution in [0.25, 0.3) is 0 Å². The van der Waals surface area contributed by atoms with Gasteiger partial charge in [-0.2, -0.15) is 0 Å². The molecular weight excluding hydrogens is 427 g/mol. The largest absolute Gasteiger partial charge is 0.359 e. The molecule has 0 amide bonds. The van der Waals surface area contributed by atoms with E-state index in [4.69, 9.17) is 4.74 Å². The molecule has 0 aliphatic carbocycles. The van der Waals surface area contributed by atoms with Gasteiger partial charge in [0.15, 0.2) is 0 Å². The molecule has 12 heteroatoms. The Labute approximate surface area is 194 Å². The summed E-state index contributed by atoms with van der Waals surface area (Å²) in [4.78, 5) is 2.22. The molecule has 3 rings (SSSR count). The van der Waals surface area contributed by atoms with Gasteiger partial charge in [0.05, 0.1) is 48.3 Å². The molecule has 33 heavy (non-hydrogen) atoms. The third-order valence-corrected chi connectivity index (χ3v) is 4.97. The predicted octanol–water partition coefficient (Wildman–Crippen LogP) is 1.93. The standard InChI is InChI=1S/C21H37FN10O/c1-20(2,3)31-14-18(24-27-31)11-29(12-19-15-32(28-25-19)21(4,5)6)10-17-13-30(26-23-17)16-33-9-7-8-22/h13-15,24,27H,7-12,16H2,1-6H3. The Hall–Kier alpha value is -2.57. The van der Waals surface area contributed by atoms with Crippen LogP contribution in [0.3, 0.4) is 0 Å². The quantitative estimate of drug-likeness (QED) is 0.483. The number of hydrogen-bond acceptors (Lipinski definition) is 9. The van der Waals surface area contributed by atoms with Crippen molar-refractivity contribution in [2.45, 2.75) is 78.9 Å². The van der Waals surface area contributed by atoms with Crippen LogP contribution in [0.1, 0.15) is 59.4 Å². The van der Waals surface area contributed by atoms with E-state index in [1.54, 1.807) is 4.68 Å². The van der Waals surface area contributed by atoms with Gasteiger partial charge in [0.1, 0.15) is 6.73 Å². The number of nitrogens with one attached hydrogen (secondary N) is 2. The molecule has 0 aromatic carbocycles. The molecule has 0 spiro atoms. The van der Waals surface area contributed by atoms with Crippen LogP contribution in [-0.2, 0) is 30.1 Å². The molecule has 2 aromatic rings. The molecule has 1 aliphatic heterocycles. The molecule has 0 radical (unpaired) electrons. The number of aromatic nitrogens is 6. The van der Waals surface area contributed by atoms with Crippen molar-refractivity contribution < 1.29 is 9.13 Å². The molecule has 1 aliphatic rings. The number of halogens is 1. The van der Waals surface area contributed by atoms with Gasteiger partial charge in [-0.25, -0.2) is 9.36 Å². The predicted molar refractivity (Wildman–Crippen MR) is 122 cm³/mol. The van der Waals surface area contributed by atoms with E-state index in [0.29, 0.717) is 32.7 Å². The van der Waals surface area contributed by atoms with E-state index in [1.807, 2.05) is 22.1 Å². The number of nitrogens with zero attached hydrogens (tertiary/aromatic N) is 8. The van der Waals surface area contributed by atoms with Gasteiger partial charge in [-0.3, -0.25) is 14.3 Å². The first-order chi connectivity index (χ1) is 15.5. The topological polar surface area (TPSA) is 101 Å². The molecule has 11 nitrogen and oxygen atoms in total. The van der Waals surface area contributed by atoms with Crippen LogP contribution in [0.15, 0.2) is 24.3 Å². The van der Waals surface area contributed by atoms with Crippen molar-refractivity contribution in [2.24, 2.45) is 0 Å². The van der Waals surface area contributed by atoms with Crippen LogP contribution in [0.5, 0.6) is 0 Å². The number of hydrazine groups is 2. The van der Waals surface area contributed by atoms with E-state index < -0.39 is 0 Å². The zero-order chi connectivity index (χ0) is 24.1. The first kappa shape index (κ1) is 25.1. The summed E-state index contributed by atoms with van der Waals surface area (Å²) in [6.07, 6.45) is 6.30. The summed E-state index contributed by atoms with van der Waals surface area (Å²) in [6.45, 7) is 14.7. The minimum absolute atomic E-state index is 0.0557. The van der Waals surface area contributed by atoms with E-state index in [9.17, 15) is 4.39 Å². The molecule has 0 unspecified atom stereocenters. The highest BCUT2D eigenvalue weighted by Gasteiger charge is 2.25. The Morgan fingerprint density at radius 1 is 0.970 bits per heavy atom.